The van der Waals surface area contributed by atoms with E-state index in [2.05, 4.69) is 0 Å². The highest BCUT2D eigenvalue weighted by Gasteiger charge is 2.19. The average molecular weight is 375 g/mol. The molecule has 0 radical (unpaired) electrons. The summed E-state index contributed by atoms with van der Waals surface area (Å²) in [7, 11) is 0. The number of carbonyl (C=O) groups excluding carboxylic acids is 2. The predicted molar refractivity (Wildman–Crippen MR) is 95.1 cm³/mol. The summed E-state index contributed by atoms with van der Waals surface area (Å²) in [6.45, 7) is -0.711. The Morgan fingerprint density at radius 2 is 1.63 bits per heavy atom. The lowest BCUT2D eigenvalue weighted by molar-refractivity contribution is -0.148. The van der Waals surface area contributed by atoms with Crippen molar-refractivity contribution in [3.05, 3.63) is 59.7 Å². The molecule has 0 fully saturated rings. The van der Waals surface area contributed by atoms with E-state index in [0.717, 1.165) is 0 Å². The lowest BCUT2D eigenvalue weighted by atomic mass is 10.1. The molecule has 8 nitrogen and oxygen atoms in total. The number of aliphatic hydroxyl groups excluding tert-OH is 1. The molecule has 2 aromatic rings. The van der Waals surface area contributed by atoms with Crippen LogP contribution in [0.4, 0.5) is 0 Å². The van der Waals surface area contributed by atoms with Gasteiger partial charge in [-0.05, 0) is 36.2 Å². The summed E-state index contributed by atoms with van der Waals surface area (Å²) in [6, 6.07) is 11.4. The molecular weight excluding hydrogens is 354 g/mol. The molecule has 0 amide bonds. The molecule has 0 saturated heterocycles. The molecule has 2 rings (SSSR count). The Bertz CT molecular complexity index is 779. The molecule has 0 spiro atoms. The minimum atomic E-state index is -1.19. The highest BCUT2D eigenvalue weighted by atomic mass is 16.6. The zero-order chi connectivity index (χ0) is 19.8. The SMILES string of the molecule is N[C@@H](Cc1ccc(O)c(O)c1)C(=O)OCC(O)COC(=O)c1ccccc1. The second kappa shape index (κ2) is 9.56. The van der Waals surface area contributed by atoms with Crippen molar-refractivity contribution < 1.29 is 34.4 Å². The molecule has 0 aliphatic rings. The van der Waals surface area contributed by atoms with Crippen molar-refractivity contribution in [1.82, 2.24) is 0 Å². The van der Waals surface area contributed by atoms with Crippen molar-refractivity contribution in [3.8, 4) is 11.5 Å². The smallest absolute Gasteiger partial charge is 0.338 e. The number of phenols is 2. The number of phenolic OH excluding ortho intramolecular Hbond substituents is 2. The first-order valence-corrected chi connectivity index (χ1v) is 8.20. The Balaban J connectivity index is 1.73. The van der Waals surface area contributed by atoms with Gasteiger partial charge in [-0.15, -0.1) is 0 Å². The molecular formula is C19H21NO7. The first kappa shape index (κ1) is 20.2. The maximum atomic E-state index is 11.9. The summed E-state index contributed by atoms with van der Waals surface area (Å²) in [5, 5.41) is 28.5. The molecule has 0 aromatic heterocycles. The van der Waals surface area contributed by atoms with Gasteiger partial charge in [0.2, 0.25) is 0 Å². The van der Waals surface area contributed by atoms with Crippen molar-refractivity contribution in [2.45, 2.75) is 18.6 Å². The quantitative estimate of drug-likeness (QED) is 0.391. The zero-order valence-electron chi connectivity index (χ0n) is 14.4. The monoisotopic (exact) mass is 375 g/mol. The number of benzene rings is 2. The topological polar surface area (TPSA) is 139 Å². The van der Waals surface area contributed by atoms with Crippen LogP contribution in [0.15, 0.2) is 48.5 Å². The molecule has 0 bridgehead atoms. The highest BCUT2D eigenvalue weighted by Crippen LogP contribution is 2.25. The van der Waals surface area contributed by atoms with Crippen LogP contribution < -0.4 is 5.73 Å². The maximum Gasteiger partial charge on any atom is 0.338 e. The molecule has 0 aliphatic heterocycles. The number of esters is 2. The highest BCUT2D eigenvalue weighted by molar-refractivity contribution is 5.89. The van der Waals surface area contributed by atoms with Crippen molar-refractivity contribution in [3.63, 3.8) is 0 Å². The summed E-state index contributed by atoms with van der Waals surface area (Å²) in [6.07, 6.45) is -1.11. The van der Waals surface area contributed by atoms with Crippen molar-refractivity contribution in [2.75, 3.05) is 13.2 Å². The number of hydrogen-bond donors (Lipinski definition) is 4. The zero-order valence-corrected chi connectivity index (χ0v) is 14.4. The molecule has 5 N–H and O–H groups in total. The van der Waals surface area contributed by atoms with Crippen LogP contribution in [0.2, 0.25) is 0 Å². The van der Waals surface area contributed by atoms with Crippen molar-refractivity contribution >= 4 is 11.9 Å². The molecule has 144 valence electrons. The molecule has 27 heavy (non-hydrogen) atoms. The van der Waals surface area contributed by atoms with E-state index in [1.54, 1.807) is 30.3 Å². The summed E-state index contributed by atoms with van der Waals surface area (Å²) in [5.41, 5.74) is 6.62. The van der Waals surface area contributed by atoms with Crippen LogP contribution in [-0.2, 0) is 20.7 Å². The number of carbonyl (C=O) groups is 2. The van der Waals surface area contributed by atoms with Gasteiger partial charge in [0, 0.05) is 0 Å². The van der Waals surface area contributed by atoms with Crippen LogP contribution in [0.3, 0.4) is 0 Å². The van der Waals surface area contributed by atoms with Gasteiger partial charge in [0.1, 0.15) is 25.4 Å². The number of nitrogens with two attached hydrogens (primary N) is 1. The Kier molecular flexibility index (Phi) is 7.16. The number of aromatic hydroxyl groups is 2. The van der Waals surface area contributed by atoms with E-state index in [1.165, 1.54) is 18.2 Å². The van der Waals surface area contributed by atoms with Crippen LogP contribution >= 0.6 is 0 Å². The van der Waals surface area contributed by atoms with Crippen molar-refractivity contribution in [2.24, 2.45) is 5.73 Å². The van der Waals surface area contributed by atoms with E-state index in [1.807, 2.05) is 0 Å². The van der Waals surface area contributed by atoms with Crippen LogP contribution in [0.25, 0.3) is 0 Å². The molecule has 1 unspecified atom stereocenters. The second-order valence-electron chi connectivity index (χ2n) is 5.88. The third-order valence-corrected chi connectivity index (χ3v) is 3.63. The van der Waals surface area contributed by atoms with Gasteiger partial charge in [0.15, 0.2) is 11.5 Å². The van der Waals surface area contributed by atoms with Gasteiger partial charge < -0.3 is 30.5 Å². The number of aliphatic hydroxyl groups is 1. The standard InChI is InChI=1S/C19H21NO7/c20-15(8-12-6-7-16(22)17(23)9-12)19(25)27-11-14(21)10-26-18(24)13-4-2-1-3-5-13/h1-7,9,14-15,21-23H,8,10-11,20H2/t14?,15-/m0/s1. The minimum Gasteiger partial charge on any atom is -0.504 e. The molecule has 8 heteroatoms. The van der Waals surface area contributed by atoms with Gasteiger partial charge in [-0.25, -0.2) is 4.79 Å². The lowest BCUT2D eigenvalue weighted by Gasteiger charge is -2.15. The molecule has 2 atom stereocenters. The first-order valence-electron chi connectivity index (χ1n) is 8.20. The van der Waals surface area contributed by atoms with E-state index in [9.17, 15) is 24.9 Å². The van der Waals surface area contributed by atoms with Gasteiger partial charge in [0.25, 0.3) is 0 Å². The summed E-state index contributed by atoms with van der Waals surface area (Å²) in [5.74, 6) is -1.94. The molecule has 0 heterocycles. The Labute approximate surface area is 155 Å². The average Bonchev–Trinajstić information content (AvgIpc) is 2.67. The van der Waals surface area contributed by atoms with Gasteiger partial charge in [-0.3, -0.25) is 4.79 Å². The lowest BCUT2D eigenvalue weighted by Crippen LogP contribution is -2.36. The van der Waals surface area contributed by atoms with Crippen molar-refractivity contribution in [1.29, 1.82) is 0 Å². The predicted octanol–water partition coefficient (Wildman–Crippen LogP) is 0.729. The van der Waals surface area contributed by atoms with E-state index >= 15 is 0 Å². The summed E-state index contributed by atoms with van der Waals surface area (Å²) in [4.78, 5) is 23.6. The maximum absolute atomic E-state index is 11.9. The third kappa shape index (κ3) is 6.28. The molecule has 0 aliphatic carbocycles. The van der Waals surface area contributed by atoms with Gasteiger partial charge >= 0.3 is 11.9 Å². The van der Waals surface area contributed by atoms with Gasteiger partial charge in [-0.1, -0.05) is 24.3 Å². The number of rotatable bonds is 8. The molecule has 0 saturated carbocycles. The van der Waals surface area contributed by atoms with E-state index in [-0.39, 0.29) is 31.1 Å². The van der Waals surface area contributed by atoms with Gasteiger partial charge in [0.05, 0.1) is 5.56 Å². The van der Waals surface area contributed by atoms with Crippen LogP contribution in [-0.4, -0.2) is 52.6 Å². The Hall–Kier alpha value is -3.10. The van der Waals surface area contributed by atoms with Crippen LogP contribution in [0.1, 0.15) is 15.9 Å². The van der Waals surface area contributed by atoms with E-state index in [4.69, 9.17) is 15.2 Å². The number of ether oxygens (including phenoxy) is 2. The van der Waals surface area contributed by atoms with Gasteiger partial charge in [-0.2, -0.15) is 0 Å². The normalized spacial score (nSPS) is 12.8. The fourth-order valence-corrected chi connectivity index (χ4v) is 2.20. The minimum absolute atomic E-state index is 0.0752. The summed E-state index contributed by atoms with van der Waals surface area (Å²) < 4.78 is 9.85. The summed E-state index contributed by atoms with van der Waals surface area (Å²) >= 11 is 0. The second-order valence-corrected chi connectivity index (χ2v) is 5.88. The largest absolute Gasteiger partial charge is 0.504 e. The fourth-order valence-electron chi connectivity index (χ4n) is 2.20. The van der Waals surface area contributed by atoms with E-state index in [0.29, 0.717) is 11.1 Å². The third-order valence-electron chi connectivity index (χ3n) is 3.63. The first-order chi connectivity index (χ1) is 12.9. The fraction of sp³-hybridized carbons (Fsp3) is 0.263. The number of hydrogen-bond acceptors (Lipinski definition) is 8. The van der Waals surface area contributed by atoms with Crippen LogP contribution in [0, 0.1) is 0 Å². The molecule has 2 aromatic carbocycles. The van der Waals surface area contributed by atoms with E-state index < -0.39 is 24.1 Å². The Morgan fingerprint density at radius 1 is 0.963 bits per heavy atom. The van der Waals surface area contributed by atoms with Crippen LogP contribution in [0.5, 0.6) is 11.5 Å². The Morgan fingerprint density at radius 3 is 2.30 bits per heavy atom.